The number of carbonyl (C=O) groups is 2. The van der Waals surface area contributed by atoms with E-state index in [0.29, 0.717) is 16.7 Å². The van der Waals surface area contributed by atoms with E-state index >= 15 is 0 Å². The van der Waals surface area contributed by atoms with Gasteiger partial charge in [0.2, 0.25) is 0 Å². The maximum Gasteiger partial charge on any atom is 0.323 e. The average molecular weight is 385 g/mol. The van der Waals surface area contributed by atoms with Crippen LogP contribution in [0, 0.1) is 6.92 Å². The lowest BCUT2D eigenvalue weighted by Crippen LogP contribution is -2.30. The Bertz CT molecular complexity index is 1040. The number of ether oxygens (including phenoxy) is 1. The second-order valence-electron chi connectivity index (χ2n) is 6.01. The van der Waals surface area contributed by atoms with Crippen LogP contribution in [-0.2, 0) is 14.3 Å². The first-order valence-corrected chi connectivity index (χ1v) is 9.32. The molecule has 3 aromatic rings. The van der Waals surface area contributed by atoms with Crippen molar-refractivity contribution >= 4 is 40.4 Å². The predicted octanol–water partition coefficient (Wildman–Crippen LogP) is 2.83. The molecule has 1 amide bonds. The SMILES string of the molecule is Cc1ccccc1SCC(=O)O[C@@H](C)C(=O)Nc1ccc2[nH]c(=O)[nH]c2c1. The van der Waals surface area contributed by atoms with Crippen molar-refractivity contribution in [3.63, 3.8) is 0 Å². The number of aromatic nitrogens is 2. The van der Waals surface area contributed by atoms with E-state index < -0.39 is 18.0 Å². The van der Waals surface area contributed by atoms with E-state index in [1.165, 1.54) is 18.7 Å². The number of fused-ring (bicyclic) bond motifs is 1. The summed E-state index contributed by atoms with van der Waals surface area (Å²) in [6.45, 7) is 3.49. The summed E-state index contributed by atoms with van der Waals surface area (Å²) in [5, 5.41) is 2.67. The van der Waals surface area contributed by atoms with Crippen LogP contribution in [0.3, 0.4) is 0 Å². The van der Waals surface area contributed by atoms with Crippen molar-refractivity contribution in [3.8, 4) is 0 Å². The number of hydrogen-bond acceptors (Lipinski definition) is 5. The molecule has 1 heterocycles. The Morgan fingerprint density at radius 1 is 1.15 bits per heavy atom. The molecule has 0 spiro atoms. The Hall–Kier alpha value is -3.00. The van der Waals surface area contributed by atoms with Crippen molar-refractivity contribution in [3.05, 3.63) is 58.5 Å². The fraction of sp³-hybridized carbons (Fsp3) is 0.211. The summed E-state index contributed by atoms with van der Waals surface area (Å²) in [5.74, 6) is -0.781. The second-order valence-corrected chi connectivity index (χ2v) is 7.03. The molecule has 0 unspecified atom stereocenters. The van der Waals surface area contributed by atoms with Gasteiger partial charge >= 0.3 is 11.7 Å². The first-order chi connectivity index (χ1) is 12.9. The minimum atomic E-state index is -0.934. The number of amides is 1. The molecule has 0 radical (unpaired) electrons. The van der Waals surface area contributed by atoms with Gasteiger partial charge in [0.15, 0.2) is 6.10 Å². The van der Waals surface area contributed by atoms with Gasteiger partial charge in [-0.15, -0.1) is 11.8 Å². The van der Waals surface area contributed by atoms with Crippen LogP contribution in [0.15, 0.2) is 52.2 Å². The summed E-state index contributed by atoms with van der Waals surface area (Å²) < 4.78 is 5.20. The summed E-state index contributed by atoms with van der Waals surface area (Å²) in [5.41, 5.74) is 2.49. The monoisotopic (exact) mass is 385 g/mol. The zero-order valence-electron chi connectivity index (χ0n) is 14.9. The maximum atomic E-state index is 12.2. The van der Waals surface area contributed by atoms with E-state index in [1.807, 2.05) is 31.2 Å². The summed E-state index contributed by atoms with van der Waals surface area (Å²) in [7, 11) is 0. The van der Waals surface area contributed by atoms with E-state index in [1.54, 1.807) is 18.2 Å². The lowest BCUT2D eigenvalue weighted by Gasteiger charge is -2.13. The first-order valence-electron chi connectivity index (χ1n) is 8.33. The molecule has 1 aromatic heterocycles. The number of imidazole rings is 1. The molecule has 0 saturated heterocycles. The molecule has 3 rings (SSSR count). The smallest absolute Gasteiger partial charge is 0.323 e. The van der Waals surface area contributed by atoms with Crippen LogP contribution in [0.1, 0.15) is 12.5 Å². The van der Waals surface area contributed by atoms with Gasteiger partial charge in [-0.1, -0.05) is 18.2 Å². The van der Waals surface area contributed by atoms with Crippen LogP contribution in [0.5, 0.6) is 0 Å². The third kappa shape index (κ3) is 4.79. The van der Waals surface area contributed by atoms with Crippen LogP contribution in [0.2, 0.25) is 0 Å². The zero-order valence-corrected chi connectivity index (χ0v) is 15.7. The molecule has 140 valence electrons. The maximum absolute atomic E-state index is 12.2. The molecule has 3 N–H and O–H groups in total. The number of hydrogen-bond donors (Lipinski definition) is 3. The van der Waals surface area contributed by atoms with Gasteiger partial charge in [-0.2, -0.15) is 0 Å². The van der Waals surface area contributed by atoms with Gasteiger partial charge < -0.3 is 20.0 Å². The zero-order chi connectivity index (χ0) is 19.4. The number of aryl methyl sites for hydroxylation is 1. The quantitative estimate of drug-likeness (QED) is 0.447. The van der Waals surface area contributed by atoms with Gasteiger partial charge in [-0.25, -0.2) is 4.79 Å². The molecule has 7 nitrogen and oxygen atoms in total. The minimum absolute atomic E-state index is 0.124. The number of thioether (sulfide) groups is 1. The number of nitrogens with one attached hydrogen (secondary N) is 3. The van der Waals surface area contributed by atoms with Gasteiger partial charge in [0.05, 0.1) is 16.8 Å². The van der Waals surface area contributed by atoms with Crippen molar-refractivity contribution < 1.29 is 14.3 Å². The molecule has 0 saturated carbocycles. The van der Waals surface area contributed by atoms with Gasteiger partial charge in [0, 0.05) is 10.6 Å². The van der Waals surface area contributed by atoms with Crippen LogP contribution in [-0.4, -0.2) is 33.7 Å². The molecule has 1 atom stereocenters. The lowest BCUT2D eigenvalue weighted by molar-refractivity contribution is -0.150. The molecule has 2 aromatic carbocycles. The van der Waals surface area contributed by atoms with Crippen LogP contribution >= 0.6 is 11.8 Å². The molecule has 8 heteroatoms. The second kappa shape index (κ2) is 8.13. The number of esters is 1. The van der Waals surface area contributed by atoms with E-state index in [0.717, 1.165) is 10.5 Å². The normalized spacial score (nSPS) is 11.9. The molecule has 0 aliphatic carbocycles. The third-order valence-electron chi connectivity index (χ3n) is 3.90. The average Bonchev–Trinajstić information content (AvgIpc) is 3.00. The molecular weight excluding hydrogens is 366 g/mol. The highest BCUT2D eigenvalue weighted by atomic mass is 32.2. The van der Waals surface area contributed by atoms with Gasteiger partial charge in [-0.3, -0.25) is 9.59 Å². The third-order valence-corrected chi connectivity index (χ3v) is 5.05. The van der Waals surface area contributed by atoms with E-state index in [-0.39, 0.29) is 11.4 Å². The summed E-state index contributed by atoms with van der Waals surface area (Å²) >= 11 is 1.37. The van der Waals surface area contributed by atoms with Gasteiger partial charge in [0.25, 0.3) is 5.91 Å². The lowest BCUT2D eigenvalue weighted by atomic mass is 10.2. The largest absolute Gasteiger partial charge is 0.452 e. The Labute approximate surface area is 159 Å². The van der Waals surface area contributed by atoms with Crippen molar-refractivity contribution in [2.45, 2.75) is 24.8 Å². The number of aromatic amines is 2. The number of rotatable bonds is 6. The number of anilines is 1. The fourth-order valence-corrected chi connectivity index (χ4v) is 3.31. The molecular formula is C19H19N3O4S. The standard InChI is InChI=1S/C19H19N3O4S/c1-11-5-3-4-6-16(11)27-10-17(23)26-12(2)18(24)20-13-7-8-14-15(9-13)22-19(25)21-14/h3-9,12H,10H2,1-2H3,(H,20,24)(H2,21,22,25)/t12-/m0/s1. The summed E-state index contributed by atoms with van der Waals surface area (Å²) in [6, 6.07) is 12.7. The van der Waals surface area contributed by atoms with Crippen molar-refractivity contribution in [1.29, 1.82) is 0 Å². The van der Waals surface area contributed by atoms with E-state index in [2.05, 4.69) is 15.3 Å². The van der Waals surface area contributed by atoms with Gasteiger partial charge in [0.1, 0.15) is 0 Å². The molecule has 0 fully saturated rings. The Morgan fingerprint density at radius 2 is 1.89 bits per heavy atom. The molecule has 0 aliphatic rings. The van der Waals surface area contributed by atoms with E-state index in [9.17, 15) is 14.4 Å². The van der Waals surface area contributed by atoms with Crippen molar-refractivity contribution in [2.24, 2.45) is 0 Å². The summed E-state index contributed by atoms with van der Waals surface area (Å²) in [6.07, 6.45) is -0.934. The molecule has 0 aliphatic heterocycles. The molecule has 27 heavy (non-hydrogen) atoms. The summed E-state index contributed by atoms with van der Waals surface area (Å²) in [4.78, 5) is 41.8. The van der Waals surface area contributed by atoms with Crippen LogP contribution in [0.25, 0.3) is 11.0 Å². The first kappa shape index (κ1) is 18.8. The predicted molar refractivity (Wildman–Crippen MR) is 105 cm³/mol. The topological polar surface area (TPSA) is 104 Å². The highest BCUT2D eigenvalue weighted by Crippen LogP contribution is 2.22. The van der Waals surface area contributed by atoms with Crippen LogP contribution < -0.4 is 11.0 Å². The number of benzene rings is 2. The van der Waals surface area contributed by atoms with Crippen LogP contribution in [0.4, 0.5) is 5.69 Å². The minimum Gasteiger partial charge on any atom is -0.452 e. The molecule has 0 bridgehead atoms. The van der Waals surface area contributed by atoms with Gasteiger partial charge in [-0.05, 0) is 43.7 Å². The highest BCUT2D eigenvalue weighted by Gasteiger charge is 2.18. The Balaban J connectivity index is 1.54. The Morgan fingerprint density at radius 3 is 2.67 bits per heavy atom. The number of carbonyl (C=O) groups excluding carboxylic acids is 2. The van der Waals surface area contributed by atoms with E-state index in [4.69, 9.17) is 4.74 Å². The Kier molecular flexibility index (Phi) is 5.66. The van der Waals surface area contributed by atoms with Crippen molar-refractivity contribution in [2.75, 3.05) is 11.1 Å². The number of H-pyrrole nitrogens is 2. The highest BCUT2D eigenvalue weighted by molar-refractivity contribution is 8.00. The van der Waals surface area contributed by atoms with Crippen molar-refractivity contribution in [1.82, 2.24) is 9.97 Å². The fourth-order valence-electron chi connectivity index (χ4n) is 2.49.